The predicted octanol–water partition coefficient (Wildman–Crippen LogP) is 3.09. The average molecular weight is 280 g/mol. The first kappa shape index (κ1) is 13.3. The summed E-state index contributed by atoms with van der Waals surface area (Å²) in [6.07, 6.45) is 2.59. The van der Waals surface area contributed by atoms with Gasteiger partial charge in [-0.1, -0.05) is 17.7 Å². The fraction of sp³-hybridized carbons (Fsp3) is 0.231. The van der Waals surface area contributed by atoms with Gasteiger partial charge in [0.25, 0.3) is 0 Å². The van der Waals surface area contributed by atoms with Crippen molar-refractivity contribution in [2.24, 2.45) is 5.73 Å². The maximum absolute atomic E-state index is 6.03. The van der Waals surface area contributed by atoms with Crippen LogP contribution < -0.4 is 5.73 Å². The Kier molecular flexibility index (Phi) is 4.58. The molecule has 2 aromatic rings. The third-order valence-corrected chi connectivity index (χ3v) is 3.63. The summed E-state index contributed by atoms with van der Waals surface area (Å²) in [5.74, 6) is 0. The molecule has 0 radical (unpaired) electrons. The highest BCUT2D eigenvalue weighted by Gasteiger charge is 2.07. The van der Waals surface area contributed by atoms with Crippen LogP contribution in [-0.2, 0) is 6.42 Å². The van der Waals surface area contributed by atoms with Gasteiger partial charge in [0.15, 0.2) is 5.16 Å². The second-order valence-electron chi connectivity index (χ2n) is 3.87. The first-order valence-electron chi connectivity index (χ1n) is 5.65. The molecule has 1 aromatic heterocycles. The van der Waals surface area contributed by atoms with Gasteiger partial charge in [0, 0.05) is 21.8 Å². The molecule has 1 heterocycles. The van der Waals surface area contributed by atoms with Crippen LogP contribution in [0.25, 0.3) is 0 Å². The van der Waals surface area contributed by atoms with Gasteiger partial charge in [0.05, 0.1) is 0 Å². The lowest BCUT2D eigenvalue weighted by Crippen LogP contribution is -2.03. The summed E-state index contributed by atoms with van der Waals surface area (Å²) in [5, 5.41) is 1.45. The SMILES string of the molecule is Cc1ccnc(Sc2cc(Cl)ccc2CCN)n1. The maximum Gasteiger partial charge on any atom is 0.192 e. The molecule has 0 bridgehead atoms. The Hall–Kier alpha value is -1.10. The quantitative estimate of drug-likeness (QED) is 0.874. The molecule has 0 aliphatic heterocycles. The Balaban J connectivity index is 2.29. The Morgan fingerprint density at radius 1 is 1.33 bits per heavy atom. The van der Waals surface area contributed by atoms with E-state index in [-0.39, 0.29) is 0 Å². The van der Waals surface area contributed by atoms with Crippen LogP contribution in [0.3, 0.4) is 0 Å². The number of aromatic nitrogens is 2. The fourth-order valence-corrected chi connectivity index (χ4v) is 2.78. The van der Waals surface area contributed by atoms with Crippen LogP contribution in [0.4, 0.5) is 0 Å². The third-order valence-electron chi connectivity index (χ3n) is 2.42. The van der Waals surface area contributed by atoms with Crippen molar-refractivity contribution in [3.63, 3.8) is 0 Å². The normalized spacial score (nSPS) is 10.6. The van der Waals surface area contributed by atoms with E-state index in [1.54, 1.807) is 6.20 Å². The first-order chi connectivity index (χ1) is 8.69. The van der Waals surface area contributed by atoms with Crippen LogP contribution in [0.5, 0.6) is 0 Å². The highest BCUT2D eigenvalue weighted by molar-refractivity contribution is 7.99. The van der Waals surface area contributed by atoms with E-state index < -0.39 is 0 Å². The number of hydrogen-bond donors (Lipinski definition) is 1. The standard InChI is InChI=1S/C13H14ClN3S/c1-9-5-7-16-13(17-9)18-12-8-11(14)3-2-10(12)4-6-15/h2-3,5,7-8H,4,6,15H2,1H3. The second-order valence-corrected chi connectivity index (χ2v) is 5.32. The van der Waals surface area contributed by atoms with Crippen LogP contribution >= 0.6 is 23.4 Å². The van der Waals surface area contributed by atoms with Crippen molar-refractivity contribution in [1.82, 2.24) is 9.97 Å². The zero-order chi connectivity index (χ0) is 13.0. The van der Waals surface area contributed by atoms with Gasteiger partial charge >= 0.3 is 0 Å². The molecule has 3 nitrogen and oxygen atoms in total. The molecule has 0 saturated heterocycles. The summed E-state index contributed by atoms with van der Waals surface area (Å²) < 4.78 is 0. The second kappa shape index (κ2) is 6.18. The van der Waals surface area contributed by atoms with Crippen LogP contribution in [0.1, 0.15) is 11.3 Å². The highest BCUT2D eigenvalue weighted by Crippen LogP contribution is 2.30. The number of nitrogens with zero attached hydrogens (tertiary/aromatic N) is 2. The molecule has 0 saturated carbocycles. The summed E-state index contributed by atoms with van der Waals surface area (Å²) in [7, 11) is 0. The minimum absolute atomic E-state index is 0.615. The minimum atomic E-state index is 0.615. The average Bonchev–Trinajstić information content (AvgIpc) is 2.33. The van der Waals surface area contributed by atoms with E-state index in [0.29, 0.717) is 11.6 Å². The van der Waals surface area contributed by atoms with Gasteiger partial charge in [-0.3, -0.25) is 0 Å². The number of benzene rings is 1. The Bertz CT molecular complexity index is 546. The molecule has 5 heteroatoms. The molecule has 0 unspecified atom stereocenters. The van der Waals surface area contributed by atoms with Crippen molar-refractivity contribution >= 4 is 23.4 Å². The summed E-state index contributed by atoms with van der Waals surface area (Å²) in [5.41, 5.74) is 7.74. The van der Waals surface area contributed by atoms with Crippen molar-refractivity contribution in [2.45, 2.75) is 23.4 Å². The number of halogens is 1. The van der Waals surface area contributed by atoms with Crippen molar-refractivity contribution in [1.29, 1.82) is 0 Å². The van der Waals surface area contributed by atoms with E-state index in [1.165, 1.54) is 17.3 Å². The van der Waals surface area contributed by atoms with Crippen molar-refractivity contribution in [2.75, 3.05) is 6.54 Å². The molecule has 0 spiro atoms. The van der Waals surface area contributed by atoms with Gasteiger partial charge < -0.3 is 5.73 Å². The summed E-state index contributed by atoms with van der Waals surface area (Å²) in [6.45, 7) is 2.56. The highest BCUT2D eigenvalue weighted by atomic mass is 35.5. The van der Waals surface area contributed by atoms with Crippen LogP contribution in [0, 0.1) is 6.92 Å². The largest absolute Gasteiger partial charge is 0.330 e. The lowest BCUT2D eigenvalue weighted by molar-refractivity contribution is 0.921. The number of rotatable bonds is 4. The van der Waals surface area contributed by atoms with E-state index in [9.17, 15) is 0 Å². The molecule has 1 aromatic carbocycles. The molecule has 2 rings (SSSR count). The van der Waals surface area contributed by atoms with Gasteiger partial charge in [-0.15, -0.1) is 0 Å². The third kappa shape index (κ3) is 3.45. The molecular formula is C13H14ClN3S. The Morgan fingerprint density at radius 3 is 2.89 bits per heavy atom. The number of nitrogens with two attached hydrogens (primary N) is 1. The molecule has 0 aliphatic rings. The molecule has 0 amide bonds. The lowest BCUT2D eigenvalue weighted by Gasteiger charge is -2.08. The van der Waals surface area contributed by atoms with E-state index in [0.717, 1.165) is 22.2 Å². The minimum Gasteiger partial charge on any atom is -0.330 e. The van der Waals surface area contributed by atoms with Gasteiger partial charge in [0.1, 0.15) is 0 Å². The number of hydrogen-bond acceptors (Lipinski definition) is 4. The van der Waals surface area contributed by atoms with Crippen molar-refractivity contribution in [3.8, 4) is 0 Å². The van der Waals surface area contributed by atoms with Crippen molar-refractivity contribution in [3.05, 3.63) is 46.7 Å². The zero-order valence-corrected chi connectivity index (χ0v) is 11.6. The molecular weight excluding hydrogens is 266 g/mol. The lowest BCUT2D eigenvalue weighted by atomic mass is 10.1. The summed E-state index contributed by atoms with van der Waals surface area (Å²) in [6, 6.07) is 7.70. The molecule has 0 aliphatic carbocycles. The van der Waals surface area contributed by atoms with E-state index in [1.807, 2.05) is 31.2 Å². The molecule has 0 atom stereocenters. The Labute approximate surface area is 116 Å². The van der Waals surface area contributed by atoms with Crippen LogP contribution in [0.2, 0.25) is 5.02 Å². The van der Waals surface area contributed by atoms with Crippen LogP contribution in [0.15, 0.2) is 40.5 Å². The monoisotopic (exact) mass is 279 g/mol. The van der Waals surface area contributed by atoms with E-state index in [4.69, 9.17) is 17.3 Å². The zero-order valence-electron chi connectivity index (χ0n) is 10.1. The first-order valence-corrected chi connectivity index (χ1v) is 6.84. The Morgan fingerprint density at radius 2 is 2.17 bits per heavy atom. The van der Waals surface area contributed by atoms with E-state index >= 15 is 0 Å². The van der Waals surface area contributed by atoms with Gasteiger partial charge in [0.2, 0.25) is 0 Å². The van der Waals surface area contributed by atoms with E-state index in [2.05, 4.69) is 9.97 Å². The molecule has 94 valence electrons. The van der Waals surface area contributed by atoms with Crippen molar-refractivity contribution < 1.29 is 0 Å². The smallest absolute Gasteiger partial charge is 0.192 e. The fourth-order valence-electron chi connectivity index (χ4n) is 1.56. The van der Waals surface area contributed by atoms with Gasteiger partial charge in [-0.25, -0.2) is 9.97 Å². The van der Waals surface area contributed by atoms with Crippen LogP contribution in [-0.4, -0.2) is 16.5 Å². The number of aryl methyl sites for hydroxylation is 1. The summed E-state index contributed by atoms with van der Waals surface area (Å²) >= 11 is 7.55. The molecule has 2 N–H and O–H groups in total. The molecule has 18 heavy (non-hydrogen) atoms. The maximum atomic E-state index is 6.03. The topological polar surface area (TPSA) is 51.8 Å². The van der Waals surface area contributed by atoms with Gasteiger partial charge in [-0.05, 0) is 55.4 Å². The molecule has 0 fully saturated rings. The summed E-state index contributed by atoms with van der Waals surface area (Å²) in [4.78, 5) is 9.69. The van der Waals surface area contributed by atoms with Gasteiger partial charge in [-0.2, -0.15) is 0 Å². The predicted molar refractivity (Wildman–Crippen MR) is 75.1 cm³/mol.